The van der Waals surface area contributed by atoms with Gasteiger partial charge in [-0.3, -0.25) is 4.79 Å². The molecule has 0 aromatic carbocycles. The zero-order chi connectivity index (χ0) is 7.56. The summed E-state index contributed by atoms with van der Waals surface area (Å²) < 4.78 is 0. The van der Waals surface area contributed by atoms with E-state index in [2.05, 4.69) is 0 Å². The van der Waals surface area contributed by atoms with E-state index in [1.165, 1.54) is 0 Å². The van der Waals surface area contributed by atoms with Gasteiger partial charge < -0.3 is 5.11 Å². The summed E-state index contributed by atoms with van der Waals surface area (Å²) in [7, 11) is 0. The molecule has 2 nitrogen and oxygen atoms in total. The smallest absolute Gasteiger partial charge is 0.147 e. The third-order valence-corrected chi connectivity index (χ3v) is 2.01. The van der Waals surface area contributed by atoms with Crippen molar-refractivity contribution in [2.75, 3.05) is 0 Å². The lowest BCUT2D eigenvalue weighted by Gasteiger charge is -1.90. The van der Waals surface area contributed by atoms with E-state index in [4.69, 9.17) is 16.7 Å². The van der Waals surface area contributed by atoms with Gasteiger partial charge in [-0.2, -0.15) is 0 Å². The minimum Gasteiger partial charge on any atom is -0.515 e. The molecule has 1 rings (SSSR count). The molecule has 0 aromatic rings. The van der Waals surface area contributed by atoms with Crippen LogP contribution >= 0.6 is 11.6 Å². The summed E-state index contributed by atoms with van der Waals surface area (Å²) in [5, 5.41) is 8.97. The van der Waals surface area contributed by atoms with Gasteiger partial charge in [0.25, 0.3) is 0 Å². The molecular formula is C7H7ClO2. The first-order valence-corrected chi connectivity index (χ1v) is 3.35. The van der Waals surface area contributed by atoms with Gasteiger partial charge in [-0.15, -0.1) is 0 Å². The third-order valence-electron chi connectivity index (χ3n) is 1.53. The van der Waals surface area contributed by atoms with E-state index < -0.39 is 0 Å². The molecule has 0 aliphatic heterocycles. The number of aliphatic hydroxyl groups excluding tert-OH is 1. The van der Waals surface area contributed by atoms with Gasteiger partial charge in [0.15, 0.2) is 0 Å². The number of carbonyl (C=O) groups excluding carboxylic acids is 1. The Hall–Kier alpha value is -0.760. The van der Waals surface area contributed by atoms with Crippen LogP contribution in [-0.4, -0.2) is 11.4 Å². The predicted octanol–water partition coefficient (Wildman–Crippen LogP) is 1.91. The summed E-state index contributed by atoms with van der Waals surface area (Å²) in [6, 6.07) is 0. The van der Waals surface area contributed by atoms with Crippen LogP contribution in [0.2, 0.25) is 0 Å². The summed E-state index contributed by atoms with van der Waals surface area (Å²) in [4.78, 5) is 10.2. The lowest BCUT2D eigenvalue weighted by Crippen LogP contribution is -1.78. The van der Waals surface area contributed by atoms with Gasteiger partial charge in [0, 0.05) is 11.1 Å². The molecule has 0 bridgehead atoms. The largest absolute Gasteiger partial charge is 0.515 e. The van der Waals surface area contributed by atoms with Crippen molar-refractivity contribution in [1.82, 2.24) is 0 Å². The molecule has 1 N–H and O–H groups in total. The third kappa shape index (κ3) is 1.07. The van der Waals surface area contributed by atoms with Crippen molar-refractivity contribution in [1.29, 1.82) is 0 Å². The van der Waals surface area contributed by atoms with Crippen LogP contribution in [0.5, 0.6) is 0 Å². The maximum absolute atomic E-state index is 10.2. The average molecular weight is 159 g/mol. The van der Waals surface area contributed by atoms with Gasteiger partial charge in [0.05, 0.1) is 11.3 Å². The molecule has 0 spiro atoms. The number of halogens is 1. The van der Waals surface area contributed by atoms with Crippen LogP contribution in [0.15, 0.2) is 22.4 Å². The summed E-state index contributed by atoms with van der Waals surface area (Å²) in [5.41, 5.74) is 1.24. The Morgan fingerprint density at radius 2 is 2.20 bits per heavy atom. The highest BCUT2D eigenvalue weighted by Crippen LogP contribution is 2.32. The molecule has 10 heavy (non-hydrogen) atoms. The van der Waals surface area contributed by atoms with Crippen LogP contribution in [0.1, 0.15) is 12.8 Å². The van der Waals surface area contributed by atoms with Gasteiger partial charge in [0.1, 0.15) is 6.29 Å². The van der Waals surface area contributed by atoms with Crippen LogP contribution < -0.4 is 0 Å². The monoisotopic (exact) mass is 158 g/mol. The summed E-state index contributed by atoms with van der Waals surface area (Å²) in [6.45, 7) is 0. The first-order chi connectivity index (χ1) is 4.79. The van der Waals surface area contributed by atoms with E-state index in [9.17, 15) is 4.79 Å². The van der Waals surface area contributed by atoms with Crippen molar-refractivity contribution in [2.24, 2.45) is 0 Å². The van der Waals surface area contributed by atoms with E-state index in [0.29, 0.717) is 29.0 Å². The second kappa shape index (κ2) is 2.88. The van der Waals surface area contributed by atoms with Crippen molar-refractivity contribution >= 4 is 17.9 Å². The van der Waals surface area contributed by atoms with Crippen LogP contribution in [0.3, 0.4) is 0 Å². The maximum atomic E-state index is 10.2. The Bertz CT molecular complexity index is 216. The van der Waals surface area contributed by atoms with E-state index in [0.717, 1.165) is 12.5 Å². The fourth-order valence-electron chi connectivity index (χ4n) is 0.927. The zero-order valence-corrected chi connectivity index (χ0v) is 6.06. The molecule has 0 heterocycles. The highest BCUT2D eigenvalue weighted by molar-refractivity contribution is 6.34. The summed E-state index contributed by atoms with van der Waals surface area (Å²) in [5.74, 6) is 0. The highest BCUT2D eigenvalue weighted by Gasteiger charge is 2.16. The van der Waals surface area contributed by atoms with E-state index in [1.807, 2.05) is 0 Å². The fraction of sp³-hybridized carbons (Fsp3) is 0.286. The van der Waals surface area contributed by atoms with Crippen molar-refractivity contribution in [3.63, 3.8) is 0 Å². The molecule has 0 radical (unpaired) electrons. The van der Waals surface area contributed by atoms with Crippen molar-refractivity contribution in [3.8, 4) is 0 Å². The molecule has 0 saturated heterocycles. The maximum Gasteiger partial charge on any atom is 0.147 e. The number of carbonyl (C=O) groups is 1. The first kappa shape index (κ1) is 7.35. The lowest BCUT2D eigenvalue weighted by molar-refractivity contribution is -0.105. The summed E-state index contributed by atoms with van der Waals surface area (Å²) >= 11 is 5.66. The Kier molecular flexibility index (Phi) is 2.12. The molecule has 0 unspecified atom stereocenters. The minimum absolute atomic E-state index is 0.414. The molecular weight excluding hydrogens is 152 g/mol. The van der Waals surface area contributed by atoms with Gasteiger partial charge >= 0.3 is 0 Å². The van der Waals surface area contributed by atoms with Gasteiger partial charge in [-0.05, 0) is 12.8 Å². The minimum atomic E-state index is 0.414. The number of rotatable bonds is 1. The molecule has 0 atom stereocenters. The molecule has 1 aliphatic carbocycles. The van der Waals surface area contributed by atoms with Crippen LogP contribution in [0, 0.1) is 0 Å². The molecule has 0 saturated carbocycles. The Balaban J connectivity index is 2.94. The average Bonchev–Trinajstić information content (AvgIpc) is 2.30. The number of allylic oxidation sites excluding steroid dienone is 3. The van der Waals surface area contributed by atoms with Crippen molar-refractivity contribution < 1.29 is 9.90 Å². The highest BCUT2D eigenvalue weighted by atomic mass is 35.5. The molecule has 54 valence electrons. The van der Waals surface area contributed by atoms with Crippen LogP contribution in [-0.2, 0) is 4.79 Å². The molecule has 1 aliphatic rings. The topological polar surface area (TPSA) is 37.3 Å². The van der Waals surface area contributed by atoms with E-state index in [1.54, 1.807) is 0 Å². The van der Waals surface area contributed by atoms with Crippen LogP contribution in [0.4, 0.5) is 0 Å². The molecule has 0 aromatic heterocycles. The normalized spacial score (nSPS) is 22.3. The number of aliphatic hydroxyl groups is 1. The van der Waals surface area contributed by atoms with Gasteiger partial charge in [0.2, 0.25) is 0 Å². The Labute approximate surface area is 63.8 Å². The molecule has 0 amide bonds. The Morgan fingerprint density at radius 3 is 2.50 bits per heavy atom. The van der Waals surface area contributed by atoms with Crippen LogP contribution in [0.25, 0.3) is 0 Å². The zero-order valence-electron chi connectivity index (χ0n) is 5.30. The summed E-state index contributed by atoms with van der Waals surface area (Å²) in [6.07, 6.45) is 3.01. The lowest BCUT2D eigenvalue weighted by atomic mass is 10.2. The van der Waals surface area contributed by atoms with E-state index >= 15 is 0 Å². The quantitative estimate of drug-likeness (QED) is 0.468. The fourth-order valence-corrected chi connectivity index (χ4v) is 1.21. The predicted molar refractivity (Wildman–Crippen MR) is 38.9 cm³/mol. The molecule has 0 fully saturated rings. The van der Waals surface area contributed by atoms with Crippen molar-refractivity contribution in [3.05, 3.63) is 22.4 Å². The number of aldehydes is 1. The standard InChI is InChI=1S/C7H7ClO2/c8-7-5(3-9)1-2-6(7)4-10/h3-4,9H,1-2H2/b5-3+. The molecule has 3 heteroatoms. The Morgan fingerprint density at radius 1 is 1.50 bits per heavy atom. The van der Waals surface area contributed by atoms with Gasteiger partial charge in [-0.1, -0.05) is 11.6 Å². The van der Waals surface area contributed by atoms with E-state index in [-0.39, 0.29) is 0 Å². The number of hydrogen-bond acceptors (Lipinski definition) is 2. The number of hydrogen-bond donors (Lipinski definition) is 1. The van der Waals surface area contributed by atoms with Crippen molar-refractivity contribution in [2.45, 2.75) is 12.8 Å². The second-order valence-corrected chi connectivity index (χ2v) is 2.49. The first-order valence-electron chi connectivity index (χ1n) is 2.97. The second-order valence-electron chi connectivity index (χ2n) is 2.11. The van der Waals surface area contributed by atoms with Gasteiger partial charge in [-0.25, -0.2) is 0 Å². The SMILES string of the molecule is O=CC1=C(Cl)/C(=C/O)CC1.